The summed E-state index contributed by atoms with van der Waals surface area (Å²) in [5.74, 6) is 0.870. The van der Waals surface area contributed by atoms with Crippen LogP contribution < -0.4 is 4.74 Å². The van der Waals surface area contributed by atoms with Crippen LogP contribution in [-0.4, -0.2) is 28.9 Å². The molecular formula is C21H20N2O3. The number of aromatic nitrogens is 1. The Morgan fingerprint density at radius 3 is 2.92 bits per heavy atom. The predicted molar refractivity (Wildman–Crippen MR) is 97.1 cm³/mol. The standard InChI is InChI=1S/C21H20N2O3/c1-2-23(21(24)18-7-10-25-14-18)20(17-4-3-9-22-13-17)16-5-6-19-15(12-16)8-11-26-19/h3-7,9-10,12-14,20H,2,8,11H2,1H3. The van der Waals surface area contributed by atoms with Crippen molar-refractivity contribution in [2.45, 2.75) is 19.4 Å². The molecule has 26 heavy (non-hydrogen) atoms. The number of hydrogen-bond donors (Lipinski definition) is 0. The number of benzene rings is 1. The van der Waals surface area contributed by atoms with Gasteiger partial charge in [-0.3, -0.25) is 9.78 Å². The molecule has 132 valence electrons. The number of fused-ring (bicyclic) bond motifs is 1. The van der Waals surface area contributed by atoms with E-state index in [9.17, 15) is 4.79 Å². The van der Waals surface area contributed by atoms with Crippen LogP contribution in [-0.2, 0) is 6.42 Å². The lowest BCUT2D eigenvalue weighted by atomic mass is 9.95. The molecule has 1 atom stereocenters. The summed E-state index contributed by atoms with van der Waals surface area (Å²) in [6, 6.07) is 11.6. The fourth-order valence-electron chi connectivity index (χ4n) is 3.46. The average Bonchev–Trinajstić information content (AvgIpc) is 3.37. The van der Waals surface area contributed by atoms with Crippen LogP contribution in [0.15, 0.2) is 65.7 Å². The van der Waals surface area contributed by atoms with Gasteiger partial charge in [0.05, 0.1) is 24.5 Å². The molecule has 2 aromatic heterocycles. The summed E-state index contributed by atoms with van der Waals surface area (Å²) in [5, 5.41) is 0. The van der Waals surface area contributed by atoms with Gasteiger partial charge < -0.3 is 14.1 Å². The third kappa shape index (κ3) is 2.96. The maximum atomic E-state index is 13.1. The molecule has 0 spiro atoms. The van der Waals surface area contributed by atoms with E-state index in [1.54, 1.807) is 12.3 Å². The Balaban J connectivity index is 1.79. The third-order valence-electron chi connectivity index (χ3n) is 4.71. The highest BCUT2D eigenvalue weighted by Crippen LogP contribution is 2.34. The number of hydrogen-bond acceptors (Lipinski definition) is 4. The van der Waals surface area contributed by atoms with E-state index in [1.807, 2.05) is 42.3 Å². The quantitative estimate of drug-likeness (QED) is 0.702. The summed E-state index contributed by atoms with van der Waals surface area (Å²) < 4.78 is 10.7. The first-order chi connectivity index (χ1) is 12.8. The SMILES string of the molecule is CCN(C(=O)c1ccoc1)C(c1cccnc1)c1ccc2c(c1)CCO2. The van der Waals surface area contributed by atoms with Crippen molar-refractivity contribution in [2.24, 2.45) is 0 Å². The lowest BCUT2D eigenvalue weighted by Gasteiger charge is -2.31. The van der Waals surface area contributed by atoms with Crippen molar-refractivity contribution < 1.29 is 13.9 Å². The van der Waals surface area contributed by atoms with E-state index < -0.39 is 0 Å². The predicted octanol–water partition coefficient (Wildman–Crippen LogP) is 3.86. The van der Waals surface area contributed by atoms with Crippen LogP contribution in [0.1, 0.15) is 40.0 Å². The van der Waals surface area contributed by atoms with Crippen LogP contribution in [0.5, 0.6) is 5.75 Å². The summed E-state index contributed by atoms with van der Waals surface area (Å²) in [6.45, 7) is 3.26. The van der Waals surface area contributed by atoms with Gasteiger partial charge in [-0.1, -0.05) is 12.1 Å². The molecule has 1 aliphatic rings. The minimum atomic E-state index is -0.220. The molecule has 1 unspecified atom stereocenters. The van der Waals surface area contributed by atoms with E-state index in [-0.39, 0.29) is 11.9 Å². The number of ether oxygens (including phenoxy) is 1. The first-order valence-corrected chi connectivity index (χ1v) is 8.76. The summed E-state index contributed by atoms with van der Waals surface area (Å²) in [6.07, 6.45) is 7.46. The lowest BCUT2D eigenvalue weighted by molar-refractivity contribution is 0.0716. The molecule has 0 N–H and O–H groups in total. The molecule has 1 amide bonds. The molecule has 3 heterocycles. The molecule has 0 fully saturated rings. The Kier molecular flexibility index (Phi) is 4.44. The molecule has 5 heteroatoms. The Labute approximate surface area is 152 Å². The molecule has 5 nitrogen and oxygen atoms in total. The number of nitrogens with zero attached hydrogens (tertiary/aromatic N) is 2. The van der Waals surface area contributed by atoms with E-state index in [0.29, 0.717) is 18.7 Å². The highest BCUT2D eigenvalue weighted by Gasteiger charge is 2.28. The Morgan fingerprint density at radius 1 is 1.27 bits per heavy atom. The average molecular weight is 348 g/mol. The van der Waals surface area contributed by atoms with E-state index >= 15 is 0 Å². The zero-order chi connectivity index (χ0) is 17.9. The molecule has 1 aliphatic heterocycles. The Morgan fingerprint density at radius 2 is 2.19 bits per heavy atom. The van der Waals surface area contributed by atoms with Crippen molar-refractivity contribution in [2.75, 3.05) is 13.2 Å². The van der Waals surface area contributed by atoms with Crippen molar-refractivity contribution in [3.63, 3.8) is 0 Å². The van der Waals surface area contributed by atoms with Crippen LogP contribution in [0.4, 0.5) is 0 Å². The normalized spacial score (nSPS) is 13.7. The van der Waals surface area contributed by atoms with Crippen molar-refractivity contribution in [3.8, 4) is 5.75 Å². The second kappa shape index (κ2) is 7.04. The van der Waals surface area contributed by atoms with Gasteiger partial charge in [-0.25, -0.2) is 0 Å². The van der Waals surface area contributed by atoms with Gasteiger partial charge in [0.2, 0.25) is 0 Å². The summed E-state index contributed by atoms with van der Waals surface area (Å²) in [4.78, 5) is 19.2. The fraction of sp³-hybridized carbons (Fsp3) is 0.238. The van der Waals surface area contributed by atoms with Crippen LogP contribution >= 0.6 is 0 Å². The zero-order valence-corrected chi connectivity index (χ0v) is 14.6. The van der Waals surface area contributed by atoms with E-state index in [1.165, 1.54) is 18.1 Å². The van der Waals surface area contributed by atoms with Crippen LogP contribution in [0.2, 0.25) is 0 Å². The highest BCUT2D eigenvalue weighted by molar-refractivity contribution is 5.94. The molecule has 0 bridgehead atoms. The number of carbonyl (C=O) groups is 1. The number of pyridine rings is 1. The molecule has 1 aromatic carbocycles. The van der Waals surface area contributed by atoms with Gasteiger partial charge in [0.25, 0.3) is 5.91 Å². The number of furan rings is 1. The van der Waals surface area contributed by atoms with Crippen LogP contribution in [0.25, 0.3) is 0 Å². The molecule has 0 aliphatic carbocycles. The molecule has 4 rings (SSSR count). The summed E-state index contributed by atoms with van der Waals surface area (Å²) >= 11 is 0. The van der Waals surface area contributed by atoms with Gasteiger partial charge >= 0.3 is 0 Å². The summed E-state index contributed by atoms with van der Waals surface area (Å²) in [5.41, 5.74) is 3.76. The largest absolute Gasteiger partial charge is 0.493 e. The third-order valence-corrected chi connectivity index (χ3v) is 4.71. The first-order valence-electron chi connectivity index (χ1n) is 8.76. The number of carbonyl (C=O) groups excluding carboxylic acids is 1. The van der Waals surface area contributed by atoms with Crippen LogP contribution in [0, 0.1) is 0 Å². The smallest absolute Gasteiger partial charge is 0.257 e. The highest BCUT2D eigenvalue weighted by atomic mass is 16.5. The number of rotatable bonds is 5. The maximum Gasteiger partial charge on any atom is 0.257 e. The number of amides is 1. The molecule has 0 radical (unpaired) electrons. The lowest BCUT2D eigenvalue weighted by Crippen LogP contribution is -2.35. The molecule has 0 saturated heterocycles. The summed E-state index contributed by atoms with van der Waals surface area (Å²) in [7, 11) is 0. The van der Waals surface area contributed by atoms with E-state index in [4.69, 9.17) is 9.15 Å². The van der Waals surface area contributed by atoms with Crippen molar-refractivity contribution in [1.29, 1.82) is 0 Å². The Bertz CT molecular complexity index is 891. The first kappa shape index (κ1) is 16.4. The van der Waals surface area contributed by atoms with Crippen molar-refractivity contribution in [1.82, 2.24) is 9.88 Å². The topological polar surface area (TPSA) is 55.6 Å². The zero-order valence-electron chi connectivity index (χ0n) is 14.6. The minimum absolute atomic E-state index is 0.0631. The van der Waals surface area contributed by atoms with Gasteiger partial charge in [-0.15, -0.1) is 0 Å². The van der Waals surface area contributed by atoms with Gasteiger partial charge in [-0.2, -0.15) is 0 Å². The second-order valence-electron chi connectivity index (χ2n) is 6.26. The van der Waals surface area contributed by atoms with Crippen LogP contribution in [0.3, 0.4) is 0 Å². The Hall–Kier alpha value is -3.08. The van der Waals surface area contributed by atoms with Gasteiger partial charge in [0.1, 0.15) is 12.0 Å². The van der Waals surface area contributed by atoms with E-state index in [0.717, 1.165) is 23.3 Å². The maximum absolute atomic E-state index is 13.1. The molecule has 3 aromatic rings. The fourth-order valence-corrected chi connectivity index (χ4v) is 3.46. The molecule has 0 saturated carbocycles. The van der Waals surface area contributed by atoms with Gasteiger partial charge in [-0.05, 0) is 47.9 Å². The molecular weight excluding hydrogens is 328 g/mol. The van der Waals surface area contributed by atoms with Crippen molar-refractivity contribution in [3.05, 3.63) is 83.6 Å². The van der Waals surface area contributed by atoms with E-state index in [2.05, 4.69) is 11.1 Å². The minimum Gasteiger partial charge on any atom is -0.493 e. The van der Waals surface area contributed by atoms with Gasteiger partial charge in [0, 0.05) is 25.4 Å². The monoisotopic (exact) mass is 348 g/mol. The van der Waals surface area contributed by atoms with Crippen molar-refractivity contribution >= 4 is 5.91 Å². The second-order valence-corrected chi connectivity index (χ2v) is 6.26. The van der Waals surface area contributed by atoms with Gasteiger partial charge in [0.15, 0.2) is 0 Å².